The van der Waals surface area contributed by atoms with Gasteiger partial charge in [-0.15, -0.1) is 0 Å². The average Bonchev–Trinajstić information content (AvgIpc) is 3.47. The lowest BCUT2D eigenvalue weighted by Gasteiger charge is -2.35. The predicted molar refractivity (Wildman–Crippen MR) is 104 cm³/mol. The summed E-state index contributed by atoms with van der Waals surface area (Å²) >= 11 is 0. The lowest BCUT2D eigenvalue weighted by molar-refractivity contribution is -0.123. The quantitative estimate of drug-likeness (QED) is 0.822. The van der Waals surface area contributed by atoms with Crippen LogP contribution in [0.25, 0.3) is 0 Å². The van der Waals surface area contributed by atoms with Gasteiger partial charge in [-0.1, -0.05) is 13.8 Å². The third kappa shape index (κ3) is 4.75. The van der Waals surface area contributed by atoms with E-state index in [1.165, 1.54) is 0 Å². The van der Waals surface area contributed by atoms with Gasteiger partial charge in [0.05, 0.1) is 12.6 Å². The van der Waals surface area contributed by atoms with E-state index in [4.69, 9.17) is 4.98 Å². The summed E-state index contributed by atoms with van der Waals surface area (Å²) in [7, 11) is 0. The van der Waals surface area contributed by atoms with Crippen LogP contribution in [0, 0.1) is 24.2 Å². The van der Waals surface area contributed by atoms with Crippen molar-refractivity contribution in [3.05, 3.63) is 17.6 Å². The van der Waals surface area contributed by atoms with Crippen LogP contribution in [0.15, 0.2) is 6.07 Å². The Hall–Kier alpha value is -2.20. The highest BCUT2D eigenvalue weighted by molar-refractivity contribution is 5.79. The molecular formula is C20H30N6O. The van der Waals surface area contributed by atoms with Gasteiger partial charge < -0.3 is 10.2 Å². The summed E-state index contributed by atoms with van der Waals surface area (Å²) in [5.74, 6) is 2.40. The van der Waals surface area contributed by atoms with Crippen LogP contribution >= 0.6 is 0 Å². The fourth-order valence-corrected chi connectivity index (χ4v) is 3.54. The molecule has 1 aliphatic carbocycles. The standard InChI is InChI=1S/C20H30N6O/c1-14(2)19-22-15(3)11-17(23-19)26-9-7-25(8-10-26)12-18(27)24-20(4,13-21)16-5-6-16/h11,14,16H,5-10,12H2,1-4H3,(H,24,27). The van der Waals surface area contributed by atoms with Gasteiger partial charge in [0.1, 0.15) is 17.2 Å². The molecule has 27 heavy (non-hydrogen) atoms. The molecule has 1 aromatic rings. The number of aryl methyl sites for hydroxylation is 1. The normalized spacial score (nSPS) is 20.2. The molecule has 7 nitrogen and oxygen atoms in total. The summed E-state index contributed by atoms with van der Waals surface area (Å²) in [6, 6.07) is 4.31. The van der Waals surface area contributed by atoms with Crippen molar-refractivity contribution in [2.45, 2.75) is 52.0 Å². The maximum Gasteiger partial charge on any atom is 0.235 e. The van der Waals surface area contributed by atoms with E-state index >= 15 is 0 Å². The lowest BCUT2D eigenvalue weighted by Crippen LogP contribution is -2.53. The second kappa shape index (κ2) is 7.81. The topological polar surface area (TPSA) is 85.1 Å². The van der Waals surface area contributed by atoms with Crippen LogP contribution in [0.5, 0.6) is 0 Å². The molecule has 1 amide bonds. The first-order valence-electron chi connectivity index (χ1n) is 9.86. The molecule has 2 heterocycles. The average molecular weight is 371 g/mol. The van der Waals surface area contributed by atoms with Gasteiger partial charge in [-0.25, -0.2) is 9.97 Å². The SMILES string of the molecule is Cc1cc(N2CCN(CC(=O)NC(C)(C#N)C3CC3)CC2)nc(C(C)C)n1. The Balaban J connectivity index is 1.53. The number of carbonyl (C=O) groups is 1. The van der Waals surface area contributed by atoms with Crippen LogP contribution < -0.4 is 10.2 Å². The minimum atomic E-state index is -0.718. The molecule has 146 valence electrons. The van der Waals surface area contributed by atoms with E-state index in [1.54, 1.807) is 0 Å². The Bertz CT molecular complexity index is 730. The van der Waals surface area contributed by atoms with Crippen LogP contribution in [0.2, 0.25) is 0 Å². The summed E-state index contributed by atoms with van der Waals surface area (Å²) in [5.41, 5.74) is 0.270. The minimum Gasteiger partial charge on any atom is -0.354 e. The molecule has 1 aromatic heterocycles. The molecule has 1 N–H and O–H groups in total. The summed E-state index contributed by atoms with van der Waals surface area (Å²) in [6.45, 7) is 11.7. The van der Waals surface area contributed by atoms with Gasteiger partial charge in [0, 0.05) is 43.9 Å². The van der Waals surface area contributed by atoms with Gasteiger partial charge in [0.2, 0.25) is 5.91 Å². The van der Waals surface area contributed by atoms with Crippen molar-refractivity contribution in [3.63, 3.8) is 0 Å². The van der Waals surface area contributed by atoms with Crippen molar-refractivity contribution >= 4 is 11.7 Å². The number of nitriles is 1. The summed E-state index contributed by atoms with van der Waals surface area (Å²) < 4.78 is 0. The van der Waals surface area contributed by atoms with Gasteiger partial charge in [-0.3, -0.25) is 9.69 Å². The molecule has 7 heteroatoms. The summed E-state index contributed by atoms with van der Waals surface area (Å²) in [5, 5.41) is 12.3. The first-order valence-corrected chi connectivity index (χ1v) is 9.86. The molecule has 2 fully saturated rings. The van der Waals surface area contributed by atoms with Crippen LogP contribution in [0.1, 0.15) is 51.0 Å². The van der Waals surface area contributed by atoms with Crippen molar-refractivity contribution in [2.75, 3.05) is 37.6 Å². The number of hydrogen-bond acceptors (Lipinski definition) is 6. The zero-order valence-electron chi connectivity index (χ0n) is 16.8. The molecule has 1 saturated heterocycles. The second-order valence-corrected chi connectivity index (χ2v) is 8.28. The Morgan fingerprint density at radius 3 is 2.56 bits per heavy atom. The summed E-state index contributed by atoms with van der Waals surface area (Å²) in [6.07, 6.45) is 2.06. The predicted octanol–water partition coefficient (Wildman–Crippen LogP) is 1.84. The third-order valence-corrected chi connectivity index (χ3v) is 5.46. The number of carbonyl (C=O) groups excluding carboxylic acids is 1. The molecule has 0 spiro atoms. The van der Waals surface area contributed by atoms with Gasteiger partial charge in [-0.2, -0.15) is 5.26 Å². The fourth-order valence-electron chi connectivity index (χ4n) is 3.54. The van der Waals surface area contributed by atoms with Crippen molar-refractivity contribution in [2.24, 2.45) is 5.92 Å². The van der Waals surface area contributed by atoms with Crippen LogP contribution in [0.4, 0.5) is 5.82 Å². The van der Waals surface area contributed by atoms with Gasteiger partial charge >= 0.3 is 0 Å². The van der Waals surface area contributed by atoms with E-state index in [9.17, 15) is 10.1 Å². The van der Waals surface area contributed by atoms with Crippen molar-refractivity contribution < 1.29 is 4.79 Å². The Labute approximate surface area is 161 Å². The number of amides is 1. The van der Waals surface area contributed by atoms with Crippen LogP contribution in [0.3, 0.4) is 0 Å². The van der Waals surface area contributed by atoms with E-state index in [1.807, 2.05) is 19.9 Å². The smallest absolute Gasteiger partial charge is 0.235 e. The van der Waals surface area contributed by atoms with Crippen molar-refractivity contribution in [1.82, 2.24) is 20.2 Å². The fraction of sp³-hybridized carbons (Fsp3) is 0.700. The van der Waals surface area contributed by atoms with Crippen LogP contribution in [-0.4, -0.2) is 59.0 Å². The highest BCUT2D eigenvalue weighted by atomic mass is 16.2. The minimum absolute atomic E-state index is 0.0561. The highest BCUT2D eigenvalue weighted by Crippen LogP contribution is 2.39. The zero-order valence-corrected chi connectivity index (χ0v) is 16.8. The Kier molecular flexibility index (Phi) is 5.66. The maximum atomic E-state index is 12.4. The number of rotatable bonds is 6. The van der Waals surface area contributed by atoms with E-state index in [0.29, 0.717) is 18.4 Å². The van der Waals surface area contributed by atoms with E-state index in [-0.39, 0.29) is 5.91 Å². The lowest BCUT2D eigenvalue weighted by atomic mass is 9.98. The maximum absolute atomic E-state index is 12.4. The Morgan fingerprint density at radius 1 is 1.33 bits per heavy atom. The molecule has 1 atom stereocenters. The number of anilines is 1. The number of nitrogens with zero attached hydrogens (tertiary/aromatic N) is 5. The molecule has 1 aliphatic heterocycles. The van der Waals surface area contributed by atoms with Crippen molar-refractivity contribution in [3.8, 4) is 6.07 Å². The molecule has 0 radical (unpaired) electrons. The largest absolute Gasteiger partial charge is 0.354 e. The Morgan fingerprint density at radius 2 is 2.00 bits per heavy atom. The number of piperazine rings is 1. The van der Waals surface area contributed by atoms with E-state index in [0.717, 1.165) is 56.4 Å². The number of nitrogens with one attached hydrogen (secondary N) is 1. The highest BCUT2D eigenvalue weighted by Gasteiger charge is 2.43. The molecule has 2 aliphatic rings. The van der Waals surface area contributed by atoms with E-state index < -0.39 is 5.54 Å². The molecule has 0 aromatic carbocycles. The first kappa shape index (κ1) is 19.6. The van der Waals surface area contributed by atoms with E-state index in [2.05, 4.69) is 40.0 Å². The molecule has 0 bridgehead atoms. The monoisotopic (exact) mass is 370 g/mol. The third-order valence-electron chi connectivity index (χ3n) is 5.46. The molecule has 1 unspecified atom stereocenters. The number of aromatic nitrogens is 2. The zero-order chi connectivity index (χ0) is 19.6. The van der Waals surface area contributed by atoms with Crippen molar-refractivity contribution in [1.29, 1.82) is 5.26 Å². The van der Waals surface area contributed by atoms with Gasteiger partial charge in [0.15, 0.2) is 0 Å². The van der Waals surface area contributed by atoms with Gasteiger partial charge in [0.25, 0.3) is 0 Å². The first-order chi connectivity index (χ1) is 12.8. The van der Waals surface area contributed by atoms with Crippen LogP contribution in [-0.2, 0) is 4.79 Å². The number of hydrogen-bond donors (Lipinski definition) is 1. The molecule has 3 rings (SSSR count). The molecule has 1 saturated carbocycles. The molecular weight excluding hydrogens is 340 g/mol. The second-order valence-electron chi connectivity index (χ2n) is 8.28. The van der Waals surface area contributed by atoms with Gasteiger partial charge in [-0.05, 0) is 32.6 Å². The summed E-state index contributed by atoms with van der Waals surface area (Å²) in [4.78, 5) is 26.0.